The molecule has 25 heavy (non-hydrogen) atoms. The molecule has 2 aromatic rings. The van der Waals surface area contributed by atoms with Gasteiger partial charge in [0.2, 0.25) is 5.95 Å². The fraction of sp³-hybridized carbons (Fsp3) is 0.500. The Balaban J connectivity index is 1.81. The van der Waals surface area contributed by atoms with Gasteiger partial charge in [-0.15, -0.1) is 11.3 Å². The summed E-state index contributed by atoms with van der Waals surface area (Å²) in [6.45, 7) is 4.37. The van der Waals surface area contributed by atoms with Gasteiger partial charge in [0.15, 0.2) is 11.6 Å². The molecule has 2 aromatic heterocycles. The van der Waals surface area contributed by atoms with Gasteiger partial charge < -0.3 is 10.4 Å². The molecule has 2 aliphatic rings. The highest BCUT2D eigenvalue weighted by Crippen LogP contribution is 2.46. The minimum Gasteiger partial charge on any atom is -0.396 e. The minimum atomic E-state index is -0.203. The number of aromatic nitrogens is 3. The van der Waals surface area contributed by atoms with Crippen molar-refractivity contribution in [2.75, 3.05) is 11.9 Å². The molecule has 4 rings (SSSR count). The van der Waals surface area contributed by atoms with Gasteiger partial charge in [-0.05, 0) is 29.7 Å². The molecule has 0 radical (unpaired) electrons. The predicted molar refractivity (Wildman–Crippen MR) is 96.6 cm³/mol. The van der Waals surface area contributed by atoms with Crippen LogP contribution in [0.5, 0.6) is 0 Å². The number of thiophene rings is 1. The van der Waals surface area contributed by atoms with Crippen LogP contribution in [0.4, 0.5) is 5.95 Å². The summed E-state index contributed by atoms with van der Waals surface area (Å²) in [6.07, 6.45) is 2.64. The zero-order chi connectivity index (χ0) is 17.6. The second kappa shape index (κ2) is 6.07. The summed E-state index contributed by atoms with van der Waals surface area (Å²) in [5, 5.41) is 19.1. The quantitative estimate of drug-likeness (QED) is 0.878. The van der Waals surface area contributed by atoms with Gasteiger partial charge in [0.25, 0.3) is 0 Å². The van der Waals surface area contributed by atoms with E-state index in [1.165, 1.54) is 0 Å². The lowest BCUT2D eigenvalue weighted by atomic mass is 9.73. The topological polar surface area (TPSA) is 80.0 Å². The molecule has 0 amide bonds. The number of nitrogens with zero attached hydrogens (tertiary/aromatic N) is 3. The molecule has 1 aliphatic carbocycles. The van der Waals surface area contributed by atoms with E-state index in [1.807, 2.05) is 16.1 Å². The first-order chi connectivity index (χ1) is 12.0. The van der Waals surface area contributed by atoms with E-state index in [1.54, 1.807) is 11.3 Å². The molecule has 7 heteroatoms. The van der Waals surface area contributed by atoms with Gasteiger partial charge in [0, 0.05) is 35.6 Å². The molecule has 6 nitrogen and oxygen atoms in total. The molecule has 1 atom stereocenters. The molecular weight excluding hydrogens is 336 g/mol. The zero-order valence-corrected chi connectivity index (χ0v) is 15.3. The smallest absolute Gasteiger partial charge is 0.226 e. The number of aliphatic hydroxyl groups excluding tert-OH is 1. The fourth-order valence-corrected chi connectivity index (χ4v) is 4.52. The molecule has 0 saturated carbocycles. The van der Waals surface area contributed by atoms with Crippen LogP contribution in [0.1, 0.15) is 49.9 Å². The number of ketones is 1. The highest BCUT2D eigenvalue weighted by atomic mass is 32.1. The van der Waals surface area contributed by atoms with Crippen LogP contribution in [-0.2, 0) is 11.2 Å². The van der Waals surface area contributed by atoms with Crippen LogP contribution in [0.2, 0.25) is 0 Å². The van der Waals surface area contributed by atoms with Crippen molar-refractivity contribution >= 4 is 23.1 Å². The van der Waals surface area contributed by atoms with Crippen LogP contribution >= 0.6 is 11.3 Å². The van der Waals surface area contributed by atoms with E-state index in [-0.39, 0.29) is 23.8 Å². The molecule has 3 heterocycles. The molecule has 0 aromatic carbocycles. The van der Waals surface area contributed by atoms with E-state index in [0.29, 0.717) is 31.0 Å². The molecule has 0 bridgehead atoms. The van der Waals surface area contributed by atoms with Crippen LogP contribution in [0, 0.1) is 5.41 Å². The van der Waals surface area contributed by atoms with E-state index in [0.717, 1.165) is 22.6 Å². The van der Waals surface area contributed by atoms with Gasteiger partial charge in [-0.2, -0.15) is 10.1 Å². The number of Topliss-reactive ketones (excluding diaryl/α,β-unsaturated/α-hetero) is 1. The van der Waals surface area contributed by atoms with E-state index < -0.39 is 0 Å². The highest BCUT2D eigenvalue weighted by Gasteiger charge is 2.42. The predicted octanol–water partition coefficient (Wildman–Crippen LogP) is 2.92. The molecule has 0 saturated heterocycles. The van der Waals surface area contributed by atoms with Crippen molar-refractivity contribution in [3.63, 3.8) is 0 Å². The Morgan fingerprint density at radius 1 is 1.44 bits per heavy atom. The summed E-state index contributed by atoms with van der Waals surface area (Å²) in [7, 11) is 0. The summed E-state index contributed by atoms with van der Waals surface area (Å²) in [5.74, 6) is 1.58. The van der Waals surface area contributed by atoms with Gasteiger partial charge in [-0.3, -0.25) is 4.79 Å². The SMILES string of the molecule is CC1(C)CC(=O)C2=C(C1)Nc1nc(CCCO)nn1C2c1cccs1. The van der Waals surface area contributed by atoms with E-state index >= 15 is 0 Å². The Labute approximate surface area is 150 Å². The normalized spacial score (nSPS) is 21.7. The van der Waals surface area contributed by atoms with Crippen molar-refractivity contribution < 1.29 is 9.90 Å². The number of anilines is 1. The fourth-order valence-electron chi connectivity index (χ4n) is 3.71. The van der Waals surface area contributed by atoms with Crippen LogP contribution < -0.4 is 5.32 Å². The Morgan fingerprint density at radius 3 is 3.00 bits per heavy atom. The first-order valence-corrected chi connectivity index (χ1v) is 9.49. The third-order valence-electron chi connectivity index (χ3n) is 4.75. The summed E-state index contributed by atoms with van der Waals surface area (Å²) >= 11 is 1.64. The number of aliphatic hydroxyl groups is 1. The Bertz CT molecular complexity index is 835. The van der Waals surface area contributed by atoms with Gasteiger partial charge >= 0.3 is 0 Å². The third kappa shape index (κ3) is 2.91. The van der Waals surface area contributed by atoms with Crippen molar-refractivity contribution in [3.8, 4) is 0 Å². The largest absolute Gasteiger partial charge is 0.396 e. The molecule has 1 unspecified atom stereocenters. The molecule has 2 N–H and O–H groups in total. The minimum absolute atomic E-state index is 0.0508. The van der Waals surface area contributed by atoms with Gasteiger partial charge in [-0.25, -0.2) is 4.68 Å². The number of rotatable bonds is 4. The number of allylic oxidation sites excluding steroid dienone is 2. The summed E-state index contributed by atoms with van der Waals surface area (Å²) < 4.78 is 1.84. The molecule has 132 valence electrons. The number of carbonyl (C=O) groups is 1. The monoisotopic (exact) mass is 358 g/mol. The van der Waals surface area contributed by atoms with Crippen molar-refractivity contribution in [2.24, 2.45) is 5.41 Å². The molecule has 0 spiro atoms. The van der Waals surface area contributed by atoms with Gasteiger partial charge in [-0.1, -0.05) is 19.9 Å². The maximum absolute atomic E-state index is 13.0. The lowest BCUT2D eigenvalue weighted by Gasteiger charge is -2.37. The van der Waals surface area contributed by atoms with Crippen molar-refractivity contribution in [1.29, 1.82) is 0 Å². The average molecular weight is 358 g/mol. The molecule has 0 fully saturated rings. The maximum atomic E-state index is 13.0. The van der Waals surface area contributed by atoms with Crippen LogP contribution in [0.3, 0.4) is 0 Å². The van der Waals surface area contributed by atoms with Crippen molar-refractivity contribution in [1.82, 2.24) is 14.8 Å². The number of carbonyl (C=O) groups excluding carboxylic acids is 1. The summed E-state index contributed by atoms with van der Waals surface area (Å²) in [4.78, 5) is 18.7. The summed E-state index contributed by atoms with van der Waals surface area (Å²) in [6, 6.07) is 3.85. The number of fused-ring (bicyclic) bond motifs is 1. The highest BCUT2D eigenvalue weighted by molar-refractivity contribution is 7.10. The van der Waals surface area contributed by atoms with Crippen LogP contribution in [-0.4, -0.2) is 32.3 Å². The average Bonchev–Trinajstić information content (AvgIpc) is 3.18. The van der Waals surface area contributed by atoms with Crippen molar-refractivity contribution in [2.45, 2.75) is 45.6 Å². The Kier molecular flexibility index (Phi) is 4.00. The molecule has 1 aliphatic heterocycles. The van der Waals surface area contributed by atoms with Crippen molar-refractivity contribution in [3.05, 3.63) is 39.5 Å². The van der Waals surface area contributed by atoms with E-state index in [2.05, 4.69) is 35.3 Å². The lowest BCUT2D eigenvalue weighted by molar-refractivity contribution is -0.118. The number of hydrogen-bond donors (Lipinski definition) is 2. The van der Waals surface area contributed by atoms with E-state index in [9.17, 15) is 4.79 Å². The van der Waals surface area contributed by atoms with Gasteiger partial charge in [0.05, 0.1) is 0 Å². The number of hydrogen-bond acceptors (Lipinski definition) is 6. The van der Waals surface area contributed by atoms with Crippen LogP contribution in [0.25, 0.3) is 0 Å². The Hall–Kier alpha value is -1.99. The first-order valence-electron chi connectivity index (χ1n) is 8.61. The number of aryl methyl sites for hydroxylation is 1. The molecular formula is C18H22N4O2S. The van der Waals surface area contributed by atoms with Crippen LogP contribution in [0.15, 0.2) is 28.8 Å². The second-order valence-electron chi connectivity index (χ2n) is 7.50. The maximum Gasteiger partial charge on any atom is 0.226 e. The zero-order valence-electron chi connectivity index (χ0n) is 14.5. The number of nitrogens with one attached hydrogen (secondary N) is 1. The summed E-state index contributed by atoms with van der Waals surface area (Å²) in [5.41, 5.74) is 1.76. The lowest BCUT2D eigenvalue weighted by Crippen LogP contribution is -2.36. The second-order valence-corrected chi connectivity index (χ2v) is 8.48. The van der Waals surface area contributed by atoms with Gasteiger partial charge in [0.1, 0.15) is 6.04 Å². The van der Waals surface area contributed by atoms with E-state index in [4.69, 9.17) is 5.11 Å². The standard InChI is InChI=1S/C18H22N4O2S/c1-18(2)9-11-15(12(24)10-18)16(13-5-4-8-25-13)22-17(19-11)20-14(21-22)6-3-7-23/h4-5,8,16,23H,3,6-7,9-10H2,1-2H3,(H,19,20,21). The third-order valence-corrected chi connectivity index (χ3v) is 5.67. The Morgan fingerprint density at radius 2 is 2.28 bits per heavy atom. The first kappa shape index (κ1) is 16.5.